The van der Waals surface area contributed by atoms with Gasteiger partial charge in [-0.1, -0.05) is 30.3 Å². The molecule has 2 aliphatic rings. The highest BCUT2D eigenvalue weighted by Gasteiger charge is 2.29. The first-order valence-electron chi connectivity index (χ1n) is 12.2. The number of fused-ring (bicyclic) bond motifs is 2. The maximum Gasteiger partial charge on any atom is 0.294 e. The van der Waals surface area contributed by atoms with Crippen LogP contribution in [0.5, 0.6) is 0 Å². The fraction of sp³-hybridized carbons (Fsp3) is 0.333. The summed E-state index contributed by atoms with van der Waals surface area (Å²) < 4.78 is 68.3. The van der Waals surface area contributed by atoms with Gasteiger partial charge in [-0.05, 0) is 77.8 Å². The smallest absolute Gasteiger partial charge is 0.294 e. The lowest BCUT2D eigenvalue weighted by Gasteiger charge is -2.31. The molecule has 3 aromatic rings. The van der Waals surface area contributed by atoms with Crippen LogP contribution in [0.25, 0.3) is 0 Å². The van der Waals surface area contributed by atoms with Crippen LogP contribution in [-0.4, -0.2) is 53.1 Å². The Bertz CT molecular complexity index is 1520. The van der Waals surface area contributed by atoms with Crippen molar-refractivity contribution >= 4 is 31.6 Å². The molecule has 0 spiro atoms. The van der Waals surface area contributed by atoms with E-state index in [4.69, 9.17) is 0 Å². The van der Waals surface area contributed by atoms with Crippen LogP contribution in [0.4, 0.5) is 11.4 Å². The zero-order chi connectivity index (χ0) is 26.5. The van der Waals surface area contributed by atoms with Gasteiger partial charge in [0.15, 0.2) is 0 Å². The van der Waals surface area contributed by atoms with E-state index in [1.165, 1.54) is 12.1 Å². The first-order chi connectivity index (χ1) is 17.4. The van der Waals surface area contributed by atoms with Gasteiger partial charge in [-0.2, -0.15) is 16.8 Å². The second kappa shape index (κ2) is 9.43. The van der Waals surface area contributed by atoms with E-state index in [9.17, 15) is 25.9 Å². The van der Waals surface area contributed by atoms with Gasteiger partial charge in [0, 0.05) is 44.5 Å². The minimum absolute atomic E-state index is 0.239. The zero-order valence-electron chi connectivity index (χ0n) is 20.8. The number of anilines is 2. The van der Waals surface area contributed by atoms with E-state index in [2.05, 4.69) is 21.9 Å². The summed E-state index contributed by atoms with van der Waals surface area (Å²) in [5.74, 6) is -0.595. The molecule has 0 radical (unpaired) electrons. The SMILES string of the molecule is CN1CCCc2cc(C(c3ccc4c(c3)CCCN4C)c3ccc(S(=O)(=O)O)cc3S(=O)(=O)O)ccc21. The largest absolute Gasteiger partial charge is 0.374 e. The van der Waals surface area contributed by atoms with Crippen molar-refractivity contribution in [1.29, 1.82) is 0 Å². The molecule has 0 atom stereocenters. The van der Waals surface area contributed by atoms with E-state index in [-0.39, 0.29) is 5.56 Å². The van der Waals surface area contributed by atoms with Crippen LogP contribution in [0.2, 0.25) is 0 Å². The van der Waals surface area contributed by atoms with Gasteiger partial charge in [-0.25, -0.2) is 0 Å². The Morgan fingerprint density at radius 3 is 1.68 bits per heavy atom. The highest BCUT2D eigenvalue weighted by atomic mass is 32.2. The topological polar surface area (TPSA) is 115 Å². The number of rotatable bonds is 5. The third-order valence-electron chi connectivity index (χ3n) is 7.45. The lowest BCUT2D eigenvalue weighted by Crippen LogP contribution is -2.25. The lowest BCUT2D eigenvalue weighted by atomic mass is 9.82. The van der Waals surface area contributed by atoms with Gasteiger partial charge >= 0.3 is 0 Å². The van der Waals surface area contributed by atoms with Crippen LogP contribution >= 0.6 is 0 Å². The maximum absolute atomic E-state index is 12.5. The van der Waals surface area contributed by atoms with E-state index in [1.54, 1.807) is 0 Å². The number of nitrogens with zero attached hydrogens (tertiary/aromatic N) is 2. The minimum Gasteiger partial charge on any atom is -0.374 e. The van der Waals surface area contributed by atoms with Gasteiger partial charge in [0.25, 0.3) is 20.2 Å². The highest BCUT2D eigenvalue weighted by molar-refractivity contribution is 7.86. The molecule has 0 aromatic heterocycles. The molecule has 2 heterocycles. The Kier molecular flexibility index (Phi) is 6.56. The molecular weight excluding hydrogens is 512 g/mol. The van der Waals surface area contributed by atoms with E-state index >= 15 is 0 Å². The average molecular weight is 543 g/mol. The van der Waals surface area contributed by atoms with Crippen molar-refractivity contribution in [2.45, 2.75) is 41.4 Å². The molecule has 10 heteroatoms. The van der Waals surface area contributed by atoms with Crippen molar-refractivity contribution in [3.8, 4) is 0 Å². The van der Waals surface area contributed by atoms with Crippen LogP contribution in [0.15, 0.2) is 64.4 Å². The Balaban J connectivity index is 1.76. The lowest BCUT2D eigenvalue weighted by molar-refractivity contribution is 0.480. The van der Waals surface area contributed by atoms with Crippen LogP contribution in [0, 0.1) is 0 Å². The molecule has 0 aliphatic carbocycles. The summed E-state index contributed by atoms with van der Waals surface area (Å²) in [6.07, 6.45) is 3.79. The maximum atomic E-state index is 12.5. The van der Waals surface area contributed by atoms with Crippen LogP contribution in [-0.2, 0) is 33.1 Å². The Morgan fingerprint density at radius 1 is 0.703 bits per heavy atom. The molecule has 8 nitrogen and oxygen atoms in total. The Morgan fingerprint density at radius 2 is 1.22 bits per heavy atom. The number of hydrogen-bond acceptors (Lipinski definition) is 6. The standard InChI is InChI=1S/C27H30N2O6S2/c1-28-13-3-5-18-15-20(7-11-24(18)28)27(21-8-12-25-19(16-21)6-4-14-29(25)2)23-10-9-22(36(30,31)32)17-26(23)37(33,34)35/h7-12,15-17,27H,3-6,13-14H2,1-2H3,(H,30,31,32)(H,33,34,35). The van der Waals surface area contributed by atoms with E-state index in [0.29, 0.717) is 0 Å². The molecule has 0 fully saturated rings. The average Bonchev–Trinajstić information content (AvgIpc) is 2.83. The summed E-state index contributed by atoms with van der Waals surface area (Å²) in [5.41, 5.74) is 6.46. The van der Waals surface area contributed by atoms with Gasteiger partial charge in [-0.15, -0.1) is 0 Å². The van der Waals surface area contributed by atoms with Crippen molar-refractivity contribution in [2.75, 3.05) is 37.0 Å². The highest BCUT2D eigenvalue weighted by Crippen LogP contribution is 2.41. The second-order valence-electron chi connectivity index (χ2n) is 9.91. The monoisotopic (exact) mass is 542 g/mol. The zero-order valence-corrected chi connectivity index (χ0v) is 22.4. The van der Waals surface area contributed by atoms with E-state index < -0.39 is 35.9 Å². The van der Waals surface area contributed by atoms with Crippen molar-refractivity contribution in [2.24, 2.45) is 0 Å². The predicted octanol–water partition coefficient (Wildman–Crippen LogP) is 4.13. The third-order valence-corrected chi connectivity index (χ3v) is 9.21. The molecule has 0 unspecified atom stereocenters. The summed E-state index contributed by atoms with van der Waals surface area (Å²) in [7, 11) is -5.42. The van der Waals surface area contributed by atoms with Crippen molar-refractivity contribution in [3.05, 3.63) is 82.4 Å². The van der Waals surface area contributed by atoms with E-state index in [1.807, 2.05) is 38.4 Å². The van der Waals surface area contributed by atoms with Gasteiger partial charge in [0.05, 0.1) is 9.79 Å². The molecule has 2 aliphatic heterocycles. The van der Waals surface area contributed by atoms with E-state index in [0.717, 1.165) is 78.5 Å². The molecule has 2 N–H and O–H groups in total. The van der Waals surface area contributed by atoms with Crippen LogP contribution < -0.4 is 9.80 Å². The Hall–Kier alpha value is -2.92. The quantitative estimate of drug-likeness (QED) is 0.365. The number of hydrogen-bond donors (Lipinski definition) is 2. The molecule has 3 aromatic carbocycles. The summed E-state index contributed by atoms with van der Waals surface area (Å²) in [4.78, 5) is 3.24. The third kappa shape index (κ3) is 4.98. The van der Waals surface area contributed by atoms with Gasteiger partial charge in [-0.3, -0.25) is 9.11 Å². The van der Waals surface area contributed by atoms with Gasteiger partial charge < -0.3 is 9.80 Å². The first kappa shape index (κ1) is 25.7. The molecule has 0 amide bonds. The molecule has 37 heavy (non-hydrogen) atoms. The van der Waals surface area contributed by atoms with Crippen LogP contribution in [0.1, 0.15) is 46.6 Å². The minimum atomic E-state index is -4.82. The summed E-state index contributed by atoms with van der Waals surface area (Å²) in [5, 5.41) is 0. The first-order valence-corrected chi connectivity index (χ1v) is 15.1. The second-order valence-corrected chi connectivity index (χ2v) is 12.7. The molecule has 0 bridgehead atoms. The summed E-state index contributed by atoms with van der Waals surface area (Å²) >= 11 is 0. The summed E-state index contributed by atoms with van der Waals surface area (Å²) in [6.45, 7) is 1.91. The molecular formula is C27H30N2O6S2. The van der Waals surface area contributed by atoms with Gasteiger partial charge in [0.2, 0.25) is 0 Å². The Labute approximate surface area is 218 Å². The number of aryl methyl sites for hydroxylation is 2. The normalized spacial score (nSPS) is 16.0. The fourth-order valence-electron chi connectivity index (χ4n) is 5.66. The molecule has 0 saturated carbocycles. The molecule has 196 valence electrons. The predicted molar refractivity (Wildman–Crippen MR) is 143 cm³/mol. The molecule has 0 saturated heterocycles. The summed E-state index contributed by atoms with van der Waals surface area (Å²) in [6, 6.07) is 15.5. The van der Waals surface area contributed by atoms with Crippen LogP contribution in [0.3, 0.4) is 0 Å². The van der Waals surface area contributed by atoms with Crippen molar-refractivity contribution < 1.29 is 25.9 Å². The fourth-order valence-corrected chi connectivity index (χ4v) is 7.00. The number of benzene rings is 3. The van der Waals surface area contributed by atoms with Crippen molar-refractivity contribution in [3.63, 3.8) is 0 Å². The molecule has 5 rings (SSSR count). The van der Waals surface area contributed by atoms with Gasteiger partial charge in [0.1, 0.15) is 0 Å². The van der Waals surface area contributed by atoms with Crippen molar-refractivity contribution in [1.82, 2.24) is 0 Å².